The highest BCUT2D eigenvalue weighted by atomic mass is 19.2. The molecule has 0 saturated carbocycles. The van der Waals surface area contributed by atoms with Crippen LogP contribution < -0.4 is 0 Å². The Balaban J connectivity index is 0.000000245. The van der Waals surface area contributed by atoms with E-state index < -0.39 is 57.9 Å². The highest BCUT2D eigenvalue weighted by molar-refractivity contribution is 5.89. The molecule has 0 N–H and O–H groups in total. The third-order valence-electron chi connectivity index (χ3n) is 4.11. The second-order valence-corrected chi connectivity index (χ2v) is 6.30. The maximum Gasteiger partial charge on any atom is 0.332 e. The highest BCUT2D eigenvalue weighted by Crippen LogP contribution is 2.28. The van der Waals surface area contributed by atoms with Gasteiger partial charge in [-0.1, -0.05) is 25.5 Å². The van der Waals surface area contributed by atoms with Crippen molar-refractivity contribution in [2.24, 2.45) is 0 Å². The van der Waals surface area contributed by atoms with Gasteiger partial charge in [0.05, 0.1) is 11.1 Å². The predicted molar refractivity (Wildman–Crippen MR) is 97.5 cm³/mol. The average molecular weight is 446 g/mol. The fourth-order valence-electron chi connectivity index (χ4n) is 2.64. The van der Waals surface area contributed by atoms with Crippen LogP contribution in [0.1, 0.15) is 29.3 Å². The van der Waals surface area contributed by atoms with Crippen molar-refractivity contribution in [3.63, 3.8) is 0 Å². The standard InChI is InChI=1S/C13H5F5O.C9H9F3/c14-8-2-1-6(3-9(8)15)12-10(16)4-7(13(18)19)5-11(12)17;1-2-3-6-4-5-7(10)9(12)8(6)11/h1-5H;4-5H,2-3H2,1H3. The van der Waals surface area contributed by atoms with E-state index in [9.17, 15) is 39.9 Å². The minimum Gasteiger partial charge on any atom is -0.255 e. The Morgan fingerprint density at radius 1 is 0.710 bits per heavy atom. The quantitative estimate of drug-likeness (QED) is 0.238. The molecule has 0 heterocycles. The zero-order valence-corrected chi connectivity index (χ0v) is 15.9. The van der Waals surface area contributed by atoms with E-state index in [4.69, 9.17) is 0 Å². The lowest BCUT2D eigenvalue weighted by Crippen LogP contribution is -1.98. The van der Waals surface area contributed by atoms with Gasteiger partial charge in [-0.3, -0.25) is 4.79 Å². The van der Waals surface area contributed by atoms with Gasteiger partial charge in [0.15, 0.2) is 29.1 Å². The van der Waals surface area contributed by atoms with Crippen LogP contribution in [0.2, 0.25) is 0 Å². The van der Waals surface area contributed by atoms with Gasteiger partial charge < -0.3 is 0 Å². The first-order valence-electron chi connectivity index (χ1n) is 8.83. The molecule has 164 valence electrons. The summed E-state index contributed by atoms with van der Waals surface area (Å²) >= 11 is 0. The van der Waals surface area contributed by atoms with E-state index in [1.165, 1.54) is 6.07 Å². The molecule has 0 amide bonds. The smallest absolute Gasteiger partial charge is 0.255 e. The molecule has 0 atom stereocenters. The first-order chi connectivity index (χ1) is 14.6. The van der Waals surface area contributed by atoms with Crippen molar-refractivity contribution in [1.29, 1.82) is 0 Å². The first kappa shape index (κ1) is 24.0. The molecule has 0 aliphatic heterocycles. The lowest BCUT2D eigenvalue weighted by atomic mass is 10.0. The molecule has 0 spiro atoms. The lowest BCUT2D eigenvalue weighted by molar-refractivity contribution is 0.0835. The number of aryl methyl sites for hydroxylation is 1. The fourth-order valence-corrected chi connectivity index (χ4v) is 2.64. The topological polar surface area (TPSA) is 17.1 Å². The van der Waals surface area contributed by atoms with Gasteiger partial charge >= 0.3 is 6.04 Å². The van der Waals surface area contributed by atoms with Crippen LogP contribution in [0.5, 0.6) is 0 Å². The molecule has 3 aromatic carbocycles. The fraction of sp³-hybridized carbons (Fsp3) is 0.136. The van der Waals surface area contributed by atoms with E-state index in [1.807, 2.05) is 6.92 Å². The van der Waals surface area contributed by atoms with E-state index in [-0.39, 0.29) is 11.1 Å². The molecular weight excluding hydrogens is 432 g/mol. The van der Waals surface area contributed by atoms with Crippen LogP contribution >= 0.6 is 0 Å². The van der Waals surface area contributed by atoms with Crippen LogP contribution in [0.25, 0.3) is 11.1 Å². The molecule has 0 radical (unpaired) electrons. The summed E-state index contributed by atoms with van der Waals surface area (Å²) in [4.78, 5) is 10.4. The molecule has 0 aliphatic rings. The highest BCUT2D eigenvalue weighted by Gasteiger charge is 2.17. The van der Waals surface area contributed by atoms with Gasteiger partial charge in [-0.05, 0) is 47.9 Å². The van der Waals surface area contributed by atoms with Gasteiger partial charge in [0.25, 0.3) is 0 Å². The minimum absolute atomic E-state index is 0.233. The summed E-state index contributed by atoms with van der Waals surface area (Å²) in [5.41, 5.74) is -1.48. The maximum absolute atomic E-state index is 13.6. The van der Waals surface area contributed by atoms with E-state index in [1.54, 1.807) is 0 Å². The molecule has 31 heavy (non-hydrogen) atoms. The zero-order chi connectivity index (χ0) is 23.3. The Hall–Kier alpha value is -3.23. The van der Waals surface area contributed by atoms with Gasteiger partial charge in [0, 0.05) is 0 Å². The van der Waals surface area contributed by atoms with Gasteiger partial charge in [0.2, 0.25) is 0 Å². The zero-order valence-electron chi connectivity index (χ0n) is 15.9. The van der Waals surface area contributed by atoms with Crippen LogP contribution in [0, 0.1) is 40.7 Å². The molecule has 3 rings (SSSR count). The van der Waals surface area contributed by atoms with Crippen molar-refractivity contribution in [2.75, 3.05) is 0 Å². The monoisotopic (exact) mass is 446 g/mol. The van der Waals surface area contributed by atoms with Crippen molar-refractivity contribution >= 4 is 6.04 Å². The number of halogens is 8. The molecule has 0 aromatic heterocycles. The minimum atomic E-state index is -1.99. The van der Waals surface area contributed by atoms with Crippen molar-refractivity contribution < 1.29 is 39.9 Å². The predicted octanol–water partition coefficient (Wildman–Crippen LogP) is 7.08. The number of rotatable bonds is 4. The summed E-state index contributed by atoms with van der Waals surface area (Å²) in [5.74, 6) is -8.49. The van der Waals surface area contributed by atoms with Crippen molar-refractivity contribution in [3.8, 4) is 11.1 Å². The number of carbonyl (C=O) groups is 1. The van der Waals surface area contributed by atoms with Gasteiger partial charge in [0.1, 0.15) is 11.6 Å². The van der Waals surface area contributed by atoms with E-state index in [0.29, 0.717) is 37.1 Å². The van der Waals surface area contributed by atoms with Crippen LogP contribution in [-0.2, 0) is 6.42 Å². The van der Waals surface area contributed by atoms with Gasteiger partial charge in [-0.2, -0.15) is 4.39 Å². The Morgan fingerprint density at radius 2 is 1.29 bits per heavy atom. The summed E-state index contributed by atoms with van der Waals surface area (Å²) in [6.07, 6.45) is 1.14. The second-order valence-electron chi connectivity index (χ2n) is 6.30. The molecule has 3 aromatic rings. The molecule has 9 heteroatoms. The van der Waals surface area contributed by atoms with Crippen LogP contribution in [0.15, 0.2) is 42.5 Å². The van der Waals surface area contributed by atoms with Gasteiger partial charge in [-0.15, -0.1) is 0 Å². The molecule has 0 bridgehead atoms. The number of hydrogen-bond donors (Lipinski definition) is 0. The van der Waals surface area contributed by atoms with Crippen LogP contribution in [-0.4, -0.2) is 6.04 Å². The number of carbonyl (C=O) groups excluding carboxylic acids is 1. The molecule has 0 fully saturated rings. The Bertz CT molecular complexity index is 1090. The SMILES string of the molecule is CCCc1ccc(F)c(F)c1F.O=C(F)c1cc(F)c(-c2ccc(F)c(F)c2)c(F)c1. The molecule has 0 aliphatic carbocycles. The van der Waals surface area contributed by atoms with E-state index >= 15 is 0 Å². The maximum atomic E-state index is 13.6. The lowest BCUT2D eigenvalue weighted by Gasteiger charge is -2.07. The molecule has 1 nitrogen and oxygen atoms in total. The summed E-state index contributed by atoms with van der Waals surface area (Å²) in [7, 11) is 0. The van der Waals surface area contributed by atoms with Crippen LogP contribution in [0.4, 0.5) is 35.1 Å². The largest absolute Gasteiger partial charge is 0.332 e. The Kier molecular flexibility index (Phi) is 7.90. The summed E-state index contributed by atoms with van der Waals surface area (Å²) in [6, 6.07) is 3.49. The number of hydrogen-bond acceptors (Lipinski definition) is 1. The Labute approximate surface area is 171 Å². The first-order valence-corrected chi connectivity index (χ1v) is 8.83. The van der Waals surface area contributed by atoms with Crippen molar-refractivity contribution in [2.45, 2.75) is 19.8 Å². The molecule has 0 unspecified atom stereocenters. The van der Waals surface area contributed by atoms with E-state index in [2.05, 4.69) is 0 Å². The van der Waals surface area contributed by atoms with Crippen molar-refractivity contribution in [3.05, 3.63) is 94.3 Å². The normalized spacial score (nSPS) is 10.5. The van der Waals surface area contributed by atoms with E-state index in [0.717, 1.165) is 12.1 Å². The third kappa shape index (κ3) is 5.68. The third-order valence-corrected chi connectivity index (χ3v) is 4.11. The summed E-state index contributed by atoms with van der Waals surface area (Å²) < 4.78 is 103. The van der Waals surface area contributed by atoms with Gasteiger partial charge in [-0.25, -0.2) is 30.7 Å². The Morgan fingerprint density at radius 3 is 1.81 bits per heavy atom. The average Bonchev–Trinajstić information content (AvgIpc) is 2.71. The molecule has 0 saturated heterocycles. The summed E-state index contributed by atoms with van der Waals surface area (Å²) in [6.45, 7) is 1.85. The summed E-state index contributed by atoms with van der Waals surface area (Å²) in [5, 5.41) is 0. The van der Waals surface area contributed by atoms with Crippen molar-refractivity contribution in [1.82, 2.24) is 0 Å². The number of benzene rings is 3. The molecular formula is C22H14F8O. The second kappa shape index (κ2) is 10.2. The van der Waals surface area contributed by atoms with Crippen LogP contribution in [0.3, 0.4) is 0 Å².